The van der Waals surface area contributed by atoms with Gasteiger partial charge in [-0.1, -0.05) is 0 Å². The summed E-state index contributed by atoms with van der Waals surface area (Å²) < 4.78 is 1.11. The monoisotopic (exact) mass is 358 g/mol. The zero-order valence-corrected chi connectivity index (χ0v) is 16.3. The number of aryl methyl sites for hydroxylation is 1. The average Bonchev–Trinajstić information content (AvgIpc) is 2.98. The largest absolute Gasteiger partial charge is 0.357 e. The molecular weight excluding hydrogens is 332 g/mol. The third-order valence-corrected chi connectivity index (χ3v) is 5.97. The van der Waals surface area contributed by atoms with Crippen LogP contribution in [0.5, 0.6) is 0 Å². The molecule has 0 atom stereocenters. The summed E-state index contributed by atoms with van der Waals surface area (Å²) in [6.45, 7) is 5.01. The van der Waals surface area contributed by atoms with E-state index in [2.05, 4.69) is 47.9 Å². The molecular formula is C18H26N6S. The molecule has 3 rings (SSSR count). The van der Waals surface area contributed by atoms with Crippen LogP contribution in [0.4, 0.5) is 11.8 Å². The van der Waals surface area contributed by atoms with Crippen LogP contribution in [0.1, 0.15) is 24.1 Å². The predicted octanol–water partition coefficient (Wildman–Crippen LogP) is 2.88. The van der Waals surface area contributed by atoms with Gasteiger partial charge in [-0.25, -0.2) is 4.98 Å². The van der Waals surface area contributed by atoms with Gasteiger partial charge in [0.2, 0.25) is 5.95 Å². The molecule has 0 bridgehead atoms. The number of anilines is 2. The highest BCUT2D eigenvalue weighted by molar-refractivity contribution is 7.19. The van der Waals surface area contributed by atoms with Crippen LogP contribution < -0.4 is 9.80 Å². The molecule has 0 aromatic carbocycles. The molecule has 0 N–H and O–H groups in total. The summed E-state index contributed by atoms with van der Waals surface area (Å²) in [5, 5.41) is 8.89. The van der Waals surface area contributed by atoms with Crippen LogP contribution in [-0.2, 0) is 0 Å². The highest BCUT2D eigenvalue weighted by Crippen LogP contribution is 2.33. The van der Waals surface area contributed by atoms with Crippen LogP contribution in [0.3, 0.4) is 0 Å². The second kappa shape index (κ2) is 7.54. The zero-order valence-electron chi connectivity index (χ0n) is 15.5. The van der Waals surface area contributed by atoms with Crippen LogP contribution in [-0.4, -0.2) is 61.7 Å². The van der Waals surface area contributed by atoms with Crippen molar-refractivity contribution in [2.24, 2.45) is 0 Å². The summed E-state index contributed by atoms with van der Waals surface area (Å²) in [7, 11) is 6.29. The van der Waals surface area contributed by atoms with Crippen molar-refractivity contribution in [2.75, 3.05) is 50.6 Å². The van der Waals surface area contributed by atoms with Crippen molar-refractivity contribution in [1.82, 2.24) is 14.9 Å². The number of hydrogen-bond acceptors (Lipinski definition) is 7. The standard InChI is InChI=1S/C18H26N6S/c1-13-12-15-16(25-13)17(23(3)9-5-8-19)21-18(20-15)24(4)14-6-10-22(2)11-7-14/h12,14H,5-7,9-11H2,1-4H3. The van der Waals surface area contributed by atoms with E-state index in [1.807, 2.05) is 7.05 Å². The first-order chi connectivity index (χ1) is 12.0. The summed E-state index contributed by atoms with van der Waals surface area (Å²) in [5.41, 5.74) is 1.01. The fourth-order valence-electron chi connectivity index (χ4n) is 3.31. The van der Waals surface area contributed by atoms with Crippen molar-refractivity contribution in [3.8, 4) is 6.07 Å². The first-order valence-electron chi connectivity index (χ1n) is 8.77. The molecule has 0 unspecified atom stereocenters. The van der Waals surface area contributed by atoms with Crippen molar-refractivity contribution in [2.45, 2.75) is 32.2 Å². The molecule has 1 saturated heterocycles. The summed E-state index contributed by atoms with van der Waals surface area (Å²) in [6, 6.07) is 4.83. The Hall–Kier alpha value is -1.91. The fourth-order valence-corrected chi connectivity index (χ4v) is 4.30. The Morgan fingerprint density at radius 1 is 1.32 bits per heavy atom. The summed E-state index contributed by atoms with van der Waals surface area (Å²) in [4.78, 5) is 17.6. The van der Waals surface area contributed by atoms with Gasteiger partial charge in [0.25, 0.3) is 0 Å². The number of hydrogen-bond donors (Lipinski definition) is 0. The third kappa shape index (κ3) is 3.86. The van der Waals surface area contributed by atoms with Gasteiger partial charge in [-0.05, 0) is 46.0 Å². The Morgan fingerprint density at radius 2 is 2.04 bits per heavy atom. The molecule has 2 aromatic heterocycles. The molecule has 6 nitrogen and oxygen atoms in total. The van der Waals surface area contributed by atoms with Crippen molar-refractivity contribution in [3.63, 3.8) is 0 Å². The Bertz CT molecular complexity index is 772. The van der Waals surface area contributed by atoms with Gasteiger partial charge in [0.05, 0.1) is 22.7 Å². The first-order valence-corrected chi connectivity index (χ1v) is 9.59. The predicted molar refractivity (Wildman–Crippen MR) is 105 cm³/mol. The van der Waals surface area contributed by atoms with Crippen molar-refractivity contribution >= 4 is 33.3 Å². The first kappa shape index (κ1) is 17.9. The molecule has 0 saturated carbocycles. The normalized spacial score (nSPS) is 16.1. The minimum absolute atomic E-state index is 0.477. The summed E-state index contributed by atoms with van der Waals surface area (Å²) in [6.07, 6.45) is 2.76. The van der Waals surface area contributed by atoms with Gasteiger partial charge in [0.15, 0.2) is 5.82 Å². The minimum Gasteiger partial charge on any atom is -0.357 e. The molecule has 1 aliphatic rings. The quantitative estimate of drug-likeness (QED) is 0.819. The number of rotatable bonds is 5. The fraction of sp³-hybridized carbons (Fsp3) is 0.611. The van der Waals surface area contributed by atoms with E-state index in [4.69, 9.17) is 15.2 Å². The van der Waals surface area contributed by atoms with E-state index in [0.717, 1.165) is 47.9 Å². The number of aromatic nitrogens is 2. The van der Waals surface area contributed by atoms with E-state index < -0.39 is 0 Å². The maximum absolute atomic E-state index is 8.89. The SMILES string of the molecule is Cc1cc2nc(N(C)C3CCN(C)CC3)nc(N(C)CCC#N)c2s1. The summed E-state index contributed by atoms with van der Waals surface area (Å²) >= 11 is 1.72. The topological polar surface area (TPSA) is 59.3 Å². The number of piperidine rings is 1. The second-order valence-corrected chi connectivity index (χ2v) is 8.15. The zero-order chi connectivity index (χ0) is 18.0. The molecule has 0 spiro atoms. The van der Waals surface area contributed by atoms with Gasteiger partial charge in [-0.15, -0.1) is 11.3 Å². The molecule has 0 aliphatic carbocycles. The van der Waals surface area contributed by atoms with Crippen LogP contribution in [0.25, 0.3) is 10.2 Å². The van der Waals surface area contributed by atoms with Gasteiger partial charge in [0.1, 0.15) is 0 Å². The molecule has 0 radical (unpaired) electrons. The number of fused-ring (bicyclic) bond motifs is 1. The van der Waals surface area contributed by atoms with E-state index in [-0.39, 0.29) is 0 Å². The van der Waals surface area contributed by atoms with Crippen molar-refractivity contribution in [1.29, 1.82) is 5.26 Å². The Morgan fingerprint density at radius 3 is 2.72 bits per heavy atom. The third-order valence-electron chi connectivity index (χ3n) is 4.94. The average molecular weight is 359 g/mol. The van der Waals surface area contributed by atoms with Crippen LogP contribution in [0, 0.1) is 18.3 Å². The molecule has 2 aromatic rings. The van der Waals surface area contributed by atoms with Gasteiger partial charge in [-0.2, -0.15) is 10.2 Å². The van der Waals surface area contributed by atoms with Crippen LogP contribution in [0.2, 0.25) is 0 Å². The highest BCUT2D eigenvalue weighted by Gasteiger charge is 2.24. The maximum atomic E-state index is 8.89. The number of thiophene rings is 1. The lowest BCUT2D eigenvalue weighted by molar-refractivity contribution is 0.252. The van der Waals surface area contributed by atoms with Gasteiger partial charge < -0.3 is 14.7 Å². The van der Waals surface area contributed by atoms with E-state index in [1.165, 1.54) is 4.88 Å². The molecule has 134 valence electrons. The molecule has 3 heterocycles. The van der Waals surface area contributed by atoms with Gasteiger partial charge in [0, 0.05) is 31.6 Å². The lowest BCUT2D eigenvalue weighted by Crippen LogP contribution is -2.42. The molecule has 25 heavy (non-hydrogen) atoms. The lowest BCUT2D eigenvalue weighted by atomic mass is 10.0. The van der Waals surface area contributed by atoms with E-state index in [0.29, 0.717) is 19.0 Å². The molecule has 1 fully saturated rings. The number of likely N-dealkylation sites (tertiary alicyclic amines) is 1. The Labute approximate surface area is 153 Å². The smallest absolute Gasteiger partial charge is 0.227 e. The molecule has 1 aliphatic heterocycles. The summed E-state index contributed by atoms with van der Waals surface area (Å²) in [5.74, 6) is 1.73. The van der Waals surface area contributed by atoms with Crippen molar-refractivity contribution in [3.05, 3.63) is 10.9 Å². The highest BCUT2D eigenvalue weighted by atomic mass is 32.1. The molecule has 7 heteroatoms. The van der Waals surface area contributed by atoms with Gasteiger partial charge >= 0.3 is 0 Å². The number of nitrogens with zero attached hydrogens (tertiary/aromatic N) is 6. The van der Waals surface area contributed by atoms with Crippen molar-refractivity contribution < 1.29 is 0 Å². The van der Waals surface area contributed by atoms with E-state index in [1.54, 1.807) is 11.3 Å². The second-order valence-electron chi connectivity index (χ2n) is 6.89. The number of nitriles is 1. The van der Waals surface area contributed by atoms with E-state index in [9.17, 15) is 0 Å². The van der Waals surface area contributed by atoms with Crippen LogP contribution >= 0.6 is 11.3 Å². The van der Waals surface area contributed by atoms with Crippen LogP contribution in [0.15, 0.2) is 6.07 Å². The maximum Gasteiger partial charge on any atom is 0.227 e. The molecule has 0 amide bonds. The Kier molecular flexibility index (Phi) is 5.40. The minimum atomic E-state index is 0.477. The Balaban J connectivity index is 1.94. The van der Waals surface area contributed by atoms with Gasteiger partial charge in [-0.3, -0.25) is 0 Å². The lowest BCUT2D eigenvalue weighted by Gasteiger charge is -2.35. The van der Waals surface area contributed by atoms with E-state index >= 15 is 0 Å².